The van der Waals surface area contributed by atoms with Gasteiger partial charge in [0.15, 0.2) is 11.5 Å². The Hall–Kier alpha value is -2.29. The Labute approximate surface area is 133 Å². The predicted octanol–water partition coefficient (Wildman–Crippen LogP) is 4.39. The van der Waals surface area contributed by atoms with Crippen LogP contribution in [0.1, 0.15) is 25.0 Å². The van der Waals surface area contributed by atoms with Crippen molar-refractivity contribution >= 4 is 6.21 Å². The van der Waals surface area contributed by atoms with Crippen LogP contribution in [0, 0.1) is 0 Å². The monoisotopic (exact) mass is 299 g/mol. The van der Waals surface area contributed by atoms with E-state index in [0.29, 0.717) is 0 Å². The van der Waals surface area contributed by atoms with E-state index in [9.17, 15) is 0 Å². The normalized spacial score (nSPS) is 10.0. The van der Waals surface area contributed by atoms with Gasteiger partial charge in [0.2, 0.25) is 0 Å². The second-order valence-corrected chi connectivity index (χ2v) is 4.39. The molecule has 0 saturated carbocycles. The van der Waals surface area contributed by atoms with Crippen LogP contribution in [0.5, 0.6) is 11.5 Å². The maximum atomic E-state index is 5.27. The molecule has 22 heavy (non-hydrogen) atoms. The summed E-state index contributed by atoms with van der Waals surface area (Å²) in [6.45, 7) is 4.78. The molecular weight excluding hydrogens is 274 g/mol. The van der Waals surface area contributed by atoms with Crippen molar-refractivity contribution in [1.82, 2.24) is 0 Å². The minimum Gasteiger partial charge on any atom is -0.493 e. The van der Waals surface area contributed by atoms with Crippen LogP contribution in [-0.2, 0) is 6.42 Å². The van der Waals surface area contributed by atoms with Gasteiger partial charge in [-0.15, -0.1) is 0 Å². The first-order chi connectivity index (χ1) is 10.8. The molecule has 3 nitrogen and oxygen atoms in total. The molecule has 0 amide bonds. The summed E-state index contributed by atoms with van der Waals surface area (Å²) in [5.41, 5.74) is 2.31. The van der Waals surface area contributed by atoms with Gasteiger partial charge in [-0.1, -0.05) is 44.2 Å². The summed E-state index contributed by atoms with van der Waals surface area (Å²) in [6.07, 6.45) is 2.82. The van der Waals surface area contributed by atoms with E-state index in [-0.39, 0.29) is 0 Å². The number of aliphatic imine (C=N–C) groups is 1. The minimum absolute atomic E-state index is 0.722. The van der Waals surface area contributed by atoms with E-state index >= 15 is 0 Å². The summed E-state index contributed by atoms with van der Waals surface area (Å²) < 4.78 is 10.5. The zero-order chi connectivity index (χ0) is 16.2. The van der Waals surface area contributed by atoms with Crippen LogP contribution in [0.3, 0.4) is 0 Å². The van der Waals surface area contributed by atoms with E-state index in [1.807, 2.05) is 56.5 Å². The molecule has 0 heterocycles. The zero-order valence-corrected chi connectivity index (χ0v) is 13.9. The van der Waals surface area contributed by atoms with E-state index < -0.39 is 0 Å². The van der Waals surface area contributed by atoms with Gasteiger partial charge in [0.1, 0.15) is 0 Å². The van der Waals surface area contributed by atoms with Crippen molar-refractivity contribution in [3.8, 4) is 11.5 Å². The Balaban J connectivity index is 0.00000116. The van der Waals surface area contributed by atoms with Crippen LogP contribution >= 0.6 is 0 Å². The molecule has 0 saturated heterocycles. The fourth-order valence-corrected chi connectivity index (χ4v) is 1.94. The molecule has 0 N–H and O–H groups in total. The second kappa shape index (κ2) is 10.4. The molecule has 0 spiro atoms. The highest BCUT2D eigenvalue weighted by Gasteiger charge is 2.02. The number of ether oxygens (including phenoxy) is 2. The highest BCUT2D eigenvalue weighted by Crippen LogP contribution is 2.26. The van der Waals surface area contributed by atoms with Gasteiger partial charge in [0.05, 0.1) is 14.2 Å². The molecule has 3 heteroatoms. The number of benzene rings is 2. The lowest BCUT2D eigenvalue weighted by Gasteiger charge is -2.07. The van der Waals surface area contributed by atoms with Crippen molar-refractivity contribution in [2.24, 2.45) is 4.99 Å². The molecule has 0 aliphatic carbocycles. The molecule has 0 radical (unpaired) electrons. The molecule has 118 valence electrons. The third kappa shape index (κ3) is 5.60. The fourth-order valence-electron chi connectivity index (χ4n) is 1.94. The van der Waals surface area contributed by atoms with Crippen LogP contribution in [0.2, 0.25) is 0 Å². The fraction of sp³-hybridized carbons (Fsp3) is 0.316. The lowest BCUT2D eigenvalue weighted by molar-refractivity contribution is 0.355. The molecule has 2 aromatic rings. The topological polar surface area (TPSA) is 30.8 Å². The van der Waals surface area contributed by atoms with Gasteiger partial charge < -0.3 is 9.47 Å². The Kier molecular flexibility index (Phi) is 8.43. The highest BCUT2D eigenvalue weighted by molar-refractivity contribution is 5.80. The summed E-state index contributed by atoms with van der Waals surface area (Å²) in [7, 11) is 3.26. The first-order valence-corrected chi connectivity index (χ1v) is 7.59. The average molecular weight is 299 g/mol. The van der Waals surface area contributed by atoms with Gasteiger partial charge in [0.25, 0.3) is 0 Å². The quantitative estimate of drug-likeness (QED) is 0.741. The van der Waals surface area contributed by atoms with Crippen LogP contribution in [0.25, 0.3) is 0 Å². The Morgan fingerprint density at radius 1 is 0.909 bits per heavy atom. The van der Waals surface area contributed by atoms with Crippen LogP contribution in [-0.4, -0.2) is 27.0 Å². The molecule has 0 aliphatic heterocycles. The molecule has 0 bridgehead atoms. The second-order valence-electron chi connectivity index (χ2n) is 4.39. The summed E-state index contributed by atoms with van der Waals surface area (Å²) >= 11 is 0. The summed E-state index contributed by atoms with van der Waals surface area (Å²) in [5, 5.41) is 0. The minimum atomic E-state index is 0.722. The molecular formula is C19H25NO2. The maximum Gasteiger partial charge on any atom is 0.161 e. The first kappa shape index (κ1) is 17.8. The van der Waals surface area contributed by atoms with Crippen molar-refractivity contribution in [3.63, 3.8) is 0 Å². The Bertz CT molecular complexity index is 565. The SMILES string of the molecule is CC.COc1ccc(C=NCCc2ccccc2)cc1OC. The molecule has 2 rings (SSSR count). The molecule has 0 atom stereocenters. The number of nitrogens with zero attached hydrogens (tertiary/aromatic N) is 1. The third-order valence-corrected chi connectivity index (χ3v) is 3.02. The van der Waals surface area contributed by atoms with E-state index in [1.165, 1.54) is 5.56 Å². The summed E-state index contributed by atoms with van der Waals surface area (Å²) in [4.78, 5) is 4.45. The molecule has 0 unspecified atom stereocenters. The maximum absolute atomic E-state index is 5.27. The largest absolute Gasteiger partial charge is 0.493 e. The smallest absolute Gasteiger partial charge is 0.161 e. The van der Waals surface area contributed by atoms with Gasteiger partial charge in [0, 0.05) is 12.8 Å². The van der Waals surface area contributed by atoms with Gasteiger partial charge in [-0.25, -0.2) is 0 Å². The van der Waals surface area contributed by atoms with Crippen LogP contribution < -0.4 is 9.47 Å². The molecule has 0 aromatic heterocycles. The molecule has 0 fully saturated rings. The van der Waals surface area contributed by atoms with Crippen molar-refractivity contribution in [3.05, 3.63) is 59.7 Å². The lowest BCUT2D eigenvalue weighted by Crippen LogP contribution is -1.93. The predicted molar refractivity (Wildman–Crippen MR) is 93.5 cm³/mol. The number of hydrogen-bond acceptors (Lipinski definition) is 3. The summed E-state index contributed by atoms with van der Waals surface area (Å²) in [5.74, 6) is 1.45. The van der Waals surface area contributed by atoms with Crippen molar-refractivity contribution in [2.45, 2.75) is 20.3 Å². The van der Waals surface area contributed by atoms with Gasteiger partial charge >= 0.3 is 0 Å². The highest BCUT2D eigenvalue weighted by atomic mass is 16.5. The van der Waals surface area contributed by atoms with Crippen LogP contribution in [0.4, 0.5) is 0 Å². The van der Waals surface area contributed by atoms with Gasteiger partial charge in [-0.05, 0) is 35.7 Å². The van der Waals surface area contributed by atoms with Crippen molar-refractivity contribution in [1.29, 1.82) is 0 Å². The van der Waals surface area contributed by atoms with E-state index in [2.05, 4.69) is 17.1 Å². The Morgan fingerprint density at radius 2 is 1.59 bits per heavy atom. The first-order valence-electron chi connectivity index (χ1n) is 7.59. The summed E-state index contributed by atoms with van der Waals surface area (Å²) in [6, 6.07) is 16.1. The van der Waals surface area contributed by atoms with Gasteiger partial charge in [-0.3, -0.25) is 4.99 Å². The lowest BCUT2D eigenvalue weighted by atomic mass is 10.1. The van der Waals surface area contributed by atoms with E-state index in [0.717, 1.165) is 30.0 Å². The standard InChI is InChI=1S/C17H19NO2.C2H6/c1-19-16-9-8-15(12-17(16)20-2)13-18-11-10-14-6-4-3-5-7-14;1-2/h3-9,12-13H,10-11H2,1-2H3;1-2H3. The van der Waals surface area contributed by atoms with Crippen LogP contribution in [0.15, 0.2) is 53.5 Å². The van der Waals surface area contributed by atoms with E-state index in [1.54, 1.807) is 14.2 Å². The Morgan fingerprint density at radius 3 is 2.23 bits per heavy atom. The average Bonchev–Trinajstić information content (AvgIpc) is 2.61. The number of methoxy groups -OCH3 is 2. The van der Waals surface area contributed by atoms with Crippen molar-refractivity contribution in [2.75, 3.05) is 20.8 Å². The van der Waals surface area contributed by atoms with Crippen molar-refractivity contribution < 1.29 is 9.47 Å². The number of hydrogen-bond donors (Lipinski definition) is 0. The molecule has 2 aromatic carbocycles. The van der Waals surface area contributed by atoms with E-state index in [4.69, 9.17) is 9.47 Å². The molecule has 0 aliphatic rings. The third-order valence-electron chi connectivity index (χ3n) is 3.02. The van der Waals surface area contributed by atoms with Gasteiger partial charge in [-0.2, -0.15) is 0 Å². The number of rotatable bonds is 6. The zero-order valence-electron chi connectivity index (χ0n) is 13.9.